The summed E-state index contributed by atoms with van der Waals surface area (Å²) in [5, 5.41) is 6.02. The molecule has 4 rings (SSSR count). The molecular formula is C25H28N4O5S. The van der Waals surface area contributed by atoms with E-state index in [2.05, 4.69) is 15.6 Å². The van der Waals surface area contributed by atoms with Gasteiger partial charge >= 0.3 is 6.03 Å². The summed E-state index contributed by atoms with van der Waals surface area (Å²) in [4.78, 5) is 42.8. The fraction of sp³-hybridized carbons (Fsp3) is 0.360. The van der Waals surface area contributed by atoms with Gasteiger partial charge in [0.1, 0.15) is 0 Å². The van der Waals surface area contributed by atoms with Crippen LogP contribution in [-0.2, 0) is 4.79 Å². The molecule has 0 saturated heterocycles. The van der Waals surface area contributed by atoms with E-state index in [1.54, 1.807) is 42.5 Å². The maximum absolute atomic E-state index is 13.4. The van der Waals surface area contributed by atoms with Crippen LogP contribution in [0.4, 0.5) is 4.79 Å². The maximum Gasteiger partial charge on any atom is 0.321 e. The zero-order chi connectivity index (χ0) is 24.8. The number of carbonyl (C=O) groups is 2. The number of amides is 3. The molecule has 1 heterocycles. The van der Waals surface area contributed by atoms with E-state index in [0.717, 1.165) is 37.4 Å². The minimum Gasteiger partial charge on any atom is -0.493 e. The van der Waals surface area contributed by atoms with Gasteiger partial charge in [0, 0.05) is 12.1 Å². The van der Waals surface area contributed by atoms with E-state index >= 15 is 0 Å². The molecule has 35 heavy (non-hydrogen) atoms. The molecule has 0 unspecified atom stereocenters. The second kappa shape index (κ2) is 11.3. The van der Waals surface area contributed by atoms with Crippen molar-refractivity contribution in [3.8, 4) is 17.2 Å². The van der Waals surface area contributed by atoms with Crippen molar-refractivity contribution >= 4 is 34.6 Å². The third-order valence-electron chi connectivity index (χ3n) is 5.90. The van der Waals surface area contributed by atoms with Crippen LogP contribution in [0.1, 0.15) is 32.1 Å². The van der Waals surface area contributed by atoms with E-state index in [4.69, 9.17) is 9.47 Å². The summed E-state index contributed by atoms with van der Waals surface area (Å²) in [7, 11) is 3.05. The Bertz CT molecular complexity index is 1290. The van der Waals surface area contributed by atoms with Gasteiger partial charge in [-0.25, -0.2) is 9.78 Å². The van der Waals surface area contributed by atoms with Gasteiger partial charge in [-0.2, -0.15) is 0 Å². The van der Waals surface area contributed by atoms with Crippen molar-refractivity contribution in [3.63, 3.8) is 0 Å². The van der Waals surface area contributed by atoms with Crippen molar-refractivity contribution in [2.45, 2.75) is 43.3 Å². The van der Waals surface area contributed by atoms with Crippen molar-refractivity contribution in [2.75, 3.05) is 20.0 Å². The van der Waals surface area contributed by atoms with Gasteiger partial charge < -0.3 is 14.8 Å². The number of carbonyl (C=O) groups excluding carboxylic acids is 2. The molecule has 1 aliphatic rings. The second-order valence-electron chi connectivity index (χ2n) is 8.24. The highest BCUT2D eigenvalue weighted by molar-refractivity contribution is 7.99. The fourth-order valence-corrected chi connectivity index (χ4v) is 4.97. The molecule has 3 amide bonds. The van der Waals surface area contributed by atoms with Crippen molar-refractivity contribution in [2.24, 2.45) is 0 Å². The molecule has 0 radical (unpaired) electrons. The van der Waals surface area contributed by atoms with Crippen LogP contribution < -0.4 is 25.7 Å². The molecule has 0 atom stereocenters. The van der Waals surface area contributed by atoms with Crippen LogP contribution in [0, 0.1) is 0 Å². The Labute approximate surface area is 207 Å². The largest absolute Gasteiger partial charge is 0.493 e. The summed E-state index contributed by atoms with van der Waals surface area (Å²) in [6.45, 7) is 0. The van der Waals surface area contributed by atoms with Gasteiger partial charge in [0.05, 0.1) is 36.6 Å². The molecule has 0 spiro atoms. The van der Waals surface area contributed by atoms with Crippen LogP contribution in [0.2, 0.25) is 0 Å². The number of rotatable bonds is 7. The zero-order valence-electron chi connectivity index (χ0n) is 19.7. The molecule has 0 bridgehead atoms. The molecule has 1 fully saturated rings. The van der Waals surface area contributed by atoms with Gasteiger partial charge in [-0.05, 0) is 37.1 Å². The van der Waals surface area contributed by atoms with Crippen LogP contribution in [0.15, 0.2) is 52.4 Å². The minimum absolute atomic E-state index is 0.0871. The lowest BCUT2D eigenvalue weighted by atomic mass is 9.96. The van der Waals surface area contributed by atoms with Gasteiger partial charge in [0.15, 0.2) is 16.7 Å². The van der Waals surface area contributed by atoms with Gasteiger partial charge in [-0.15, -0.1) is 0 Å². The molecule has 10 heteroatoms. The monoisotopic (exact) mass is 496 g/mol. The average Bonchev–Trinajstić information content (AvgIpc) is 2.87. The third kappa shape index (κ3) is 5.76. The van der Waals surface area contributed by atoms with Gasteiger partial charge in [-0.1, -0.05) is 43.2 Å². The summed E-state index contributed by atoms with van der Waals surface area (Å²) in [6, 6.07) is 11.7. The van der Waals surface area contributed by atoms with Gasteiger partial charge in [0.2, 0.25) is 5.91 Å². The standard InChI is InChI=1S/C25H28N4O5S/c1-33-20-13-12-17(14-21(20)34-2)29-23(31)18-10-6-7-11-19(18)27-25(29)35-15-22(30)28-24(32)26-16-8-4-3-5-9-16/h6-7,10-14,16H,3-5,8-9,15H2,1-2H3,(H2,26,28,30,32). The van der Waals surface area contributed by atoms with Gasteiger partial charge in [-0.3, -0.25) is 19.5 Å². The van der Waals surface area contributed by atoms with E-state index in [1.807, 2.05) is 0 Å². The maximum atomic E-state index is 13.4. The van der Waals surface area contributed by atoms with Crippen LogP contribution in [0.5, 0.6) is 11.5 Å². The lowest BCUT2D eigenvalue weighted by Crippen LogP contribution is -2.45. The number of aromatic nitrogens is 2. The predicted octanol–water partition coefficient (Wildman–Crippen LogP) is 3.65. The quantitative estimate of drug-likeness (QED) is 0.379. The Balaban J connectivity index is 1.58. The van der Waals surface area contributed by atoms with Crippen LogP contribution >= 0.6 is 11.8 Å². The lowest BCUT2D eigenvalue weighted by Gasteiger charge is -2.22. The molecule has 1 aliphatic carbocycles. The summed E-state index contributed by atoms with van der Waals surface area (Å²) in [5.74, 6) is 0.425. The third-order valence-corrected chi connectivity index (χ3v) is 6.83. The number of urea groups is 1. The highest BCUT2D eigenvalue weighted by atomic mass is 32.2. The smallest absolute Gasteiger partial charge is 0.321 e. The van der Waals surface area contributed by atoms with Crippen LogP contribution in [-0.4, -0.2) is 47.5 Å². The molecule has 184 valence electrons. The first-order chi connectivity index (χ1) is 17.0. The number of fused-ring (bicyclic) bond motifs is 1. The summed E-state index contributed by atoms with van der Waals surface area (Å²) in [6.07, 6.45) is 5.19. The number of hydrogen-bond acceptors (Lipinski definition) is 7. The Morgan fingerprint density at radius 3 is 2.54 bits per heavy atom. The van der Waals surface area contributed by atoms with Crippen molar-refractivity contribution in [1.29, 1.82) is 0 Å². The summed E-state index contributed by atoms with van der Waals surface area (Å²) < 4.78 is 12.1. The first-order valence-corrected chi connectivity index (χ1v) is 12.5. The Kier molecular flexibility index (Phi) is 7.91. The molecule has 1 aromatic heterocycles. The number of nitrogens with zero attached hydrogens (tertiary/aromatic N) is 2. The number of methoxy groups -OCH3 is 2. The normalized spacial score (nSPS) is 13.9. The molecule has 3 aromatic rings. The van der Waals surface area contributed by atoms with E-state index in [-0.39, 0.29) is 17.4 Å². The van der Waals surface area contributed by atoms with Crippen LogP contribution in [0.3, 0.4) is 0 Å². The number of benzene rings is 2. The molecule has 1 saturated carbocycles. The SMILES string of the molecule is COc1ccc(-n2c(SCC(=O)NC(=O)NC3CCCCC3)nc3ccccc3c2=O)cc1OC. The molecule has 9 nitrogen and oxygen atoms in total. The molecule has 2 aromatic carbocycles. The average molecular weight is 497 g/mol. The highest BCUT2D eigenvalue weighted by Crippen LogP contribution is 2.30. The summed E-state index contributed by atoms with van der Waals surface area (Å²) in [5.41, 5.74) is 0.761. The number of thioether (sulfide) groups is 1. The fourth-order valence-electron chi connectivity index (χ4n) is 4.16. The topological polar surface area (TPSA) is 112 Å². The molecule has 2 N–H and O–H groups in total. The number of para-hydroxylation sites is 1. The number of imide groups is 1. The van der Waals surface area contributed by atoms with E-state index in [9.17, 15) is 14.4 Å². The first kappa shape index (κ1) is 24.6. The Morgan fingerprint density at radius 1 is 1.06 bits per heavy atom. The lowest BCUT2D eigenvalue weighted by molar-refractivity contribution is -0.117. The van der Waals surface area contributed by atoms with Crippen molar-refractivity contribution < 1.29 is 19.1 Å². The minimum atomic E-state index is -0.494. The second-order valence-corrected chi connectivity index (χ2v) is 9.18. The first-order valence-electron chi connectivity index (χ1n) is 11.5. The van der Waals surface area contributed by atoms with Crippen molar-refractivity contribution in [1.82, 2.24) is 20.2 Å². The number of nitrogens with one attached hydrogen (secondary N) is 2. The Morgan fingerprint density at radius 2 is 1.80 bits per heavy atom. The number of hydrogen-bond donors (Lipinski definition) is 2. The van der Waals surface area contributed by atoms with Gasteiger partial charge in [0.25, 0.3) is 5.56 Å². The van der Waals surface area contributed by atoms with E-state index in [1.165, 1.54) is 25.2 Å². The molecule has 0 aliphatic heterocycles. The highest BCUT2D eigenvalue weighted by Gasteiger charge is 2.19. The van der Waals surface area contributed by atoms with E-state index in [0.29, 0.717) is 33.2 Å². The van der Waals surface area contributed by atoms with Crippen LogP contribution in [0.25, 0.3) is 16.6 Å². The van der Waals surface area contributed by atoms with E-state index < -0.39 is 11.9 Å². The molecular weight excluding hydrogens is 468 g/mol. The zero-order valence-corrected chi connectivity index (χ0v) is 20.5. The summed E-state index contributed by atoms with van der Waals surface area (Å²) >= 11 is 1.08. The van der Waals surface area contributed by atoms with Crippen molar-refractivity contribution in [3.05, 3.63) is 52.8 Å². The predicted molar refractivity (Wildman–Crippen MR) is 135 cm³/mol. The number of ether oxygens (including phenoxy) is 2. The Hall–Kier alpha value is -3.53.